The van der Waals surface area contributed by atoms with E-state index in [2.05, 4.69) is 17.3 Å². The van der Waals surface area contributed by atoms with Crippen molar-refractivity contribution in [2.45, 2.75) is 31.7 Å². The smallest absolute Gasteiger partial charge is 0.250 e. The lowest BCUT2D eigenvalue weighted by molar-refractivity contribution is 0.100. The first-order valence-corrected chi connectivity index (χ1v) is 7.22. The molecule has 20 heavy (non-hydrogen) atoms. The van der Waals surface area contributed by atoms with Crippen molar-refractivity contribution in [2.24, 2.45) is 5.73 Å². The molecule has 1 amide bonds. The van der Waals surface area contributed by atoms with E-state index >= 15 is 0 Å². The molecular weight excluding hydrogens is 252 g/mol. The zero-order chi connectivity index (χ0) is 14.5. The van der Waals surface area contributed by atoms with Gasteiger partial charge in [0.05, 0.1) is 16.9 Å². The molecule has 5 nitrogen and oxygen atoms in total. The van der Waals surface area contributed by atoms with Gasteiger partial charge in [-0.2, -0.15) is 0 Å². The van der Waals surface area contributed by atoms with Crippen LogP contribution < -0.4 is 16.8 Å². The van der Waals surface area contributed by atoms with Crippen LogP contribution in [0.5, 0.6) is 0 Å². The zero-order valence-corrected chi connectivity index (χ0v) is 12.1. The SMILES string of the molecule is CN(CCNc1cccc(C(N)=O)c1N)C1CCCC1. The van der Waals surface area contributed by atoms with Gasteiger partial charge in [0, 0.05) is 19.1 Å². The highest BCUT2D eigenvalue weighted by Crippen LogP contribution is 2.23. The van der Waals surface area contributed by atoms with Crippen LogP contribution in [-0.4, -0.2) is 37.0 Å². The number of nitrogen functional groups attached to an aromatic ring is 1. The molecule has 2 rings (SSSR count). The van der Waals surface area contributed by atoms with E-state index in [0.717, 1.165) is 18.8 Å². The Morgan fingerprint density at radius 1 is 1.40 bits per heavy atom. The fraction of sp³-hybridized carbons (Fsp3) is 0.533. The minimum absolute atomic E-state index is 0.374. The maximum absolute atomic E-state index is 11.2. The lowest BCUT2D eigenvalue weighted by Gasteiger charge is -2.24. The summed E-state index contributed by atoms with van der Waals surface area (Å²) in [5.41, 5.74) is 12.8. The molecular formula is C15H24N4O. The maximum Gasteiger partial charge on any atom is 0.250 e. The third kappa shape index (κ3) is 3.42. The number of benzene rings is 1. The van der Waals surface area contributed by atoms with Gasteiger partial charge in [-0.3, -0.25) is 4.79 Å². The van der Waals surface area contributed by atoms with Crippen LogP contribution in [0.2, 0.25) is 0 Å². The monoisotopic (exact) mass is 276 g/mol. The quantitative estimate of drug-likeness (QED) is 0.690. The maximum atomic E-state index is 11.2. The number of rotatable bonds is 6. The van der Waals surface area contributed by atoms with Crippen molar-refractivity contribution < 1.29 is 4.79 Å². The Balaban J connectivity index is 1.87. The van der Waals surface area contributed by atoms with Gasteiger partial charge in [-0.25, -0.2) is 0 Å². The number of hydrogen-bond acceptors (Lipinski definition) is 4. The van der Waals surface area contributed by atoms with Crippen LogP contribution in [0.1, 0.15) is 36.0 Å². The Bertz CT molecular complexity index is 469. The summed E-state index contributed by atoms with van der Waals surface area (Å²) in [5, 5.41) is 3.29. The summed E-state index contributed by atoms with van der Waals surface area (Å²) < 4.78 is 0. The van der Waals surface area contributed by atoms with Gasteiger partial charge in [-0.05, 0) is 32.0 Å². The van der Waals surface area contributed by atoms with Crippen LogP contribution in [-0.2, 0) is 0 Å². The molecule has 1 aliphatic carbocycles. The predicted molar refractivity (Wildman–Crippen MR) is 82.7 cm³/mol. The Labute approximate surface area is 120 Å². The molecule has 1 aromatic rings. The van der Waals surface area contributed by atoms with Gasteiger partial charge in [0.25, 0.3) is 5.91 Å². The van der Waals surface area contributed by atoms with Gasteiger partial charge in [0.1, 0.15) is 0 Å². The molecule has 0 atom stereocenters. The largest absolute Gasteiger partial charge is 0.396 e. The highest BCUT2D eigenvalue weighted by atomic mass is 16.1. The van der Waals surface area contributed by atoms with Crippen molar-refractivity contribution in [1.29, 1.82) is 0 Å². The van der Waals surface area contributed by atoms with Crippen LogP contribution in [0.3, 0.4) is 0 Å². The van der Waals surface area contributed by atoms with Gasteiger partial charge < -0.3 is 21.7 Å². The van der Waals surface area contributed by atoms with E-state index in [1.165, 1.54) is 25.7 Å². The fourth-order valence-corrected chi connectivity index (χ4v) is 2.83. The van der Waals surface area contributed by atoms with Gasteiger partial charge in [-0.1, -0.05) is 18.9 Å². The summed E-state index contributed by atoms with van der Waals surface area (Å²) >= 11 is 0. The number of carbonyl (C=O) groups excluding carboxylic acids is 1. The van der Waals surface area contributed by atoms with Gasteiger partial charge in [0.2, 0.25) is 0 Å². The number of carbonyl (C=O) groups is 1. The third-order valence-electron chi connectivity index (χ3n) is 4.10. The van der Waals surface area contributed by atoms with E-state index in [9.17, 15) is 4.79 Å². The van der Waals surface area contributed by atoms with E-state index < -0.39 is 5.91 Å². The Morgan fingerprint density at radius 2 is 2.10 bits per heavy atom. The molecule has 0 saturated heterocycles. The molecule has 0 aliphatic heterocycles. The molecule has 0 spiro atoms. The molecule has 0 aromatic heterocycles. The Morgan fingerprint density at radius 3 is 2.75 bits per heavy atom. The molecule has 5 N–H and O–H groups in total. The van der Waals surface area contributed by atoms with E-state index in [1.807, 2.05) is 6.07 Å². The van der Waals surface area contributed by atoms with Crippen LogP contribution in [0.15, 0.2) is 18.2 Å². The molecule has 110 valence electrons. The van der Waals surface area contributed by atoms with Gasteiger partial charge >= 0.3 is 0 Å². The summed E-state index contributed by atoms with van der Waals surface area (Å²) in [6.07, 6.45) is 5.29. The number of amides is 1. The predicted octanol–water partition coefficient (Wildman–Crippen LogP) is 1.65. The number of para-hydroxylation sites is 1. The summed E-state index contributed by atoms with van der Waals surface area (Å²) in [6, 6.07) is 6.02. The van der Waals surface area contributed by atoms with Crippen molar-refractivity contribution in [3.05, 3.63) is 23.8 Å². The van der Waals surface area contributed by atoms with Crippen molar-refractivity contribution in [3.8, 4) is 0 Å². The van der Waals surface area contributed by atoms with E-state index in [1.54, 1.807) is 12.1 Å². The van der Waals surface area contributed by atoms with Gasteiger partial charge in [-0.15, -0.1) is 0 Å². The van der Waals surface area contributed by atoms with E-state index in [0.29, 0.717) is 17.3 Å². The number of nitrogens with one attached hydrogen (secondary N) is 1. The van der Waals surface area contributed by atoms with E-state index in [4.69, 9.17) is 11.5 Å². The zero-order valence-electron chi connectivity index (χ0n) is 12.1. The number of nitrogens with zero attached hydrogens (tertiary/aromatic N) is 1. The van der Waals surface area contributed by atoms with Crippen LogP contribution in [0.25, 0.3) is 0 Å². The second kappa shape index (κ2) is 6.61. The first-order chi connectivity index (χ1) is 9.59. The van der Waals surface area contributed by atoms with Crippen LogP contribution >= 0.6 is 0 Å². The third-order valence-corrected chi connectivity index (χ3v) is 4.10. The average molecular weight is 276 g/mol. The highest BCUT2D eigenvalue weighted by Gasteiger charge is 2.18. The highest BCUT2D eigenvalue weighted by molar-refractivity contribution is 6.00. The van der Waals surface area contributed by atoms with Crippen LogP contribution in [0.4, 0.5) is 11.4 Å². The lowest BCUT2D eigenvalue weighted by Crippen LogP contribution is -2.33. The van der Waals surface area contributed by atoms with Crippen molar-refractivity contribution in [3.63, 3.8) is 0 Å². The molecule has 0 radical (unpaired) electrons. The number of hydrogen-bond donors (Lipinski definition) is 3. The molecule has 5 heteroatoms. The fourth-order valence-electron chi connectivity index (χ4n) is 2.83. The second-order valence-electron chi connectivity index (χ2n) is 5.48. The average Bonchev–Trinajstić information content (AvgIpc) is 2.94. The first-order valence-electron chi connectivity index (χ1n) is 7.22. The summed E-state index contributed by atoms with van der Waals surface area (Å²) in [5.74, 6) is -0.491. The number of anilines is 2. The van der Waals surface area contributed by atoms with Gasteiger partial charge in [0.15, 0.2) is 0 Å². The Hall–Kier alpha value is -1.75. The summed E-state index contributed by atoms with van der Waals surface area (Å²) in [6.45, 7) is 1.77. The normalized spacial score (nSPS) is 15.7. The molecule has 1 fully saturated rings. The van der Waals surface area contributed by atoms with Crippen molar-refractivity contribution in [2.75, 3.05) is 31.2 Å². The summed E-state index contributed by atoms with van der Waals surface area (Å²) in [4.78, 5) is 13.6. The standard InChI is InChI=1S/C15H24N4O/c1-19(11-5-2-3-6-11)10-9-18-13-8-4-7-12(14(13)16)15(17)20/h4,7-8,11,18H,2-3,5-6,9-10,16H2,1H3,(H2,17,20). The number of likely N-dealkylation sites (N-methyl/N-ethyl adjacent to an activating group) is 1. The molecule has 1 saturated carbocycles. The minimum Gasteiger partial charge on any atom is -0.396 e. The molecule has 0 heterocycles. The lowest BCUT2D eigenvalue weighted by atomic mass is 10.1. The number of nitrogens with two attached hydrogens (primary N) is 2. The van der Waals surface area contributed by atoms with Crippen molar-refractivity contribution in [1.82, 2.24) is 4.90 Å². The van der Waals surface area contributed by atoms with Crippen molar-refractivity contribution >= 4 is 17.3 Å². The topological polar surface area (TPSA) is 84.4 Å². The first kappa shape index (κ1) is 14.7. The second-order valence-corrected chi connectivity index (χ2v) is 5.48. The molecule has 0 unspecified atom stereocenters. The van der Waals surface area contributed by atoms with Crippen LogP contribution in [0, 0.1) is 0 Å². The number of primary amides is 1. The summed E-state index contributed by atoms with van der Waals surface area (Å²) in [7, 11) is 2.17. The van der Waals surface area contributed by atoms with E-state index in [-0.39, 0.29) is 0 Å². The molecule has 0 bridgehead atoms. The molecule has 1 aliphatic rings. The molecule has 1 aromatic carbocycles. The minimum atomic E-state index is -0.491. The Kier molecular flexibility index (Phi) is 4.84.